The first kappa shape index (κ1) is 31.9. The summed E-state index contributed by atoms with van der Waals surface area (Å²) in [5.41, 5.74) is 16.5. The number of hydrogen-bond acceptors (Lipinski definition) is 2. The van der Waals surface area contributed by atoms with Crippen LogP contribution in [0.5, 0.6) is 0 Å². The summed E-state index contributed by atoms with van der Waals surface area (Å²) in [4.78, 5) is 10.0. The van der Waals surface area contributed by atoms with Crippen molar-refractivity contribution < 1.29 is 0 Å². The molecule has 262 valence electrons. The smallest absolute Gasteiger partial charge is 0.0963 e. The number of pyridine rings is 2. The number of para-hydroxylation sites is 3. The van der Waals surface area contributed by atoms with Crippen molar-refractivity contribution in [2.45, 2.75) is 0 Å². The molecule has 0 radical (unpaired) electrons. The standard InChI is InChI=1S/C52H34N4/c1-4-14-35(15-5-1)39-32-46(36-16-6-2-7-17-36)54-47(33-39)37-25-28-41(29-26-37)56-48-23-11-10-20-43(48)44-22-12-21-42(52(44)56)38-27-30-45-50(34-38)55(40-18-8-3-9-19-40)49-24-13-31-53-51(45)49/h1-34H. The number of benzene rings is 7. The first-order valence-electron chi connectivity index (χ1n) is 19.0. The Balaban J connectivity index is 1.09. The van der Waals surface area contributed by atoms with E-state index in [1.807, 2.05) is 18.3 Å². The molecule has 0 amide bonds. The lowest BCUT2D eigenvalue weighted by Gasteiger charge is -2.14. The zero-order valence-electron chi connectivity index (χ0n) is 30.4. The highest BCUT2D eigenvalue weighted by atomic mass is 15.0. The molecule has 0 fully saturated rings. The van der Waals surface area contributed by atoms with Crippen LogP contribution in [-0.2, 0) is 0 Å². The van der Waals surface area contributed by atoms with Crippen molar-refractivity contribution in [2.75, 3.05) is 0 Å². The zero-order chi connectivity index (χ0) is 37.0. The average molecular weight is 715 g/mol. The summed E-state index contributed by atoms with van der Waals surface area (Å²) in [6.45, 7) is 0. The van der Waals surface area contributed by atoms with Crippen molar-refractivity contribution >= 4 is 43.7 Å². The monoisotopic (exact) mass is 714 g/mol. The summed E-state index contributed by atoms with van der Waals surface area (Å²) in [7, 11) is 0. The Labute approximate surface area is 324 Å². The van der Waals surface area contributed by atoms with Crippen LogP contribution in [0.25, 0.3) is 99.9 Å². The molecule has 0 aliphatic carbocycles. The molecule has 11 rings (SSSR count). The maximum absolute atomic E-state index is 5.20. The highest BCUT2D eigenvalue weighted by Crippen LogP contribution is 2.41. The minimum Gasteiger partial charge on any atom is -0.309 e. The van der Waals surface area contributed by atoms with Crippen molar-refractivity contribution in [3.63, 3.8) is 0 Å². The lowest BCUT2D eigenvalue weighted by molar-refractivity contribution is 1.17. The van der Waals surface area contributed by atoms with Crippen LogP contribution in [0.1, 0.15) is 0 Å². The molecule has 0 unspecified atom stereocenters. The molecule has 4 nitrogen and oxygen atoms in total. The second-order valence-electron chi connectivity index (χ2n) is 14.2. The molecule has 4 aromatic heterocycles. The van der Waals surface area contributed by atoms with Crippen molar-refractivity contribution in [2.24, 2.45) is 0 Å². The molecular weight excluding hydrogens is 681 g/mol. The fourth-order valence-electron chi connectivity index (χ4n) is 8.39. The molecule has 56 heavy (non-hydrogen) atoms. The number of rotatable bonds is 6. The molecule has 7 aromatic carbocycles. The summed E-state index contributed by atoms with van der Waals surface area (Å²) in [6.07, 6.45) is 1.88. The van der Waals surface area contributed by atoms with Crippen LogP contribution >= 0.6 is 0 Å². The fourth-order valence-corrected chi connectivity index (χ4v) is 8.39. The quantitative estimate of drug-likeness (QED) is 0.172. The minimum atomic E-state index is 0.941. The maximum atomic E-state index is 5.20. The number of aromatic nitrogens is 4. The normalized spacial score (nSPS) is 11.6. The van der Waals surface area contributed by atoms with E-state index < -0.39 is 0 Å². The average Bonchev–Trinajstić information content (AvgIpc) is 3.80. The second-order valence-corrected chi connectivity index (χ2v) is 14.2. The first-order valence-corrected chi connectivity index (χ1v) is 19.0. The third-order valence-corrected chi connectivity index (χ3v) is 11.0. The molecule has 11 aromatic rings. The first-order chi connectivity index (χ1) is 27.8. The molecule has 4 heteroatoms. The predicted molar refractivity (Wildman–Crippen MR) is 232 cm³/mol. The van der Waals surface area contributed by atoms with Gasteiger partial charge in [0.15, 0.2) is 0 Å². The van der Waals surface area contributed by atoms with E-state index in [2.05, 4.69) is 197 Å². The summed E-state index contributed by atoms with van der Waals surface area (Å²) < 4.78 is 4.76. The van der Waals surface area contributed by atoms with Gasteiger partial charge in [0.05, 0.1) is 39.0 Å². The van der Waals surface area contributed by atoms with E-state index in [-0.39, 0.29) is 0 Å². The zero-order valence-corrected chi connectivity index (χ0v) is 30.4. The lowest BCUT2D eigenvalue weighted by Crippen LogP contribution is -1.97. The van der Waals surface area contributed by atoms with Gasteiger partial charge in [-0.2, -0.15) is 0 Å². The van der Waals surface area contributed by atoms with Crippen molar-refractivity contribution in [3.05, 3.63) is 206 Å². The Bertz CT molecular complexity index is 3160. The van der Waals surface area contributed by atoms with Gasteiger partial charge in [0.2, 0.25) is 0 Å². The summed E-state index contributed by atoms with van der Waals surface area (Å²) in [6, 6.07) is 71.3. The molecule has 0 saturated carbocycles. The van der Waals surface area contributed by atoms with Crippen LogP contribution in [0.3, 0.4) is 0 Å². The molecule has 0 aliphatic rings. The van der Waals surface area contributed by atoms with E-state index in [0.717, 1.165) is 67.0 Å². The Hall–Kier alpha value is -7.56. The second kappa shape index (κ2) is 13.1. The van der Waals surface area contributed by atoms with Gasteiger partial charge in [-0.15, -0.1) is 0 Å². The Morgan fingerprint density at radius 3 is 1.71 bits per heavy atom. The highest BCUT2D eigenvalue weighted by Gasteiger charge is 2.19. The SMILES string of the molecule is c1ccc(-c2cc(-c3ccccc3)nc(-c3ccc(-n4c5ccccc5c5cccc(-c6ccc7c8ncccc8n(-c8ccccc8)c7c6)c54)cc3)c2)cc1. The number of fused-ring (bicyclic) bond motifs is 6. The summed E-state index contributed by atoms with van der Waals surface area (Å²) >= 11 is 0. The van der Waals surface area contributed by atoms with Crippen molar-refractivity contribution in [1.29, 1.82) is 0 Å². The molecule has 4 heterocycles. The summed E-state index contributed by atoms with van der Waals surface area (Å²) in [5, 5.41) is 3.58. The van der Waals surface area contributed by atoms with Crippen LogP contribution in [0.15, 0.2) is 206 Å². The van der Waals surface area contributed by atoms with Crippen LogP contribution in [0.2, 0.25) is 0 Å². The van der Waals surface area contributed by atoms with Gasteiger partial charge in [-0.1, -0.05) is 133 Å². The Morgan fingerprint density at radius 2 is 0.946 bits per heavy atom. The largest absolute Gasteiger partial charge is 0.309 e. The van der Waals surface area contributed by atoms with Crippen LogP contribution in [-0.4, -0.2) is 19.1 Å². The fraction of sp³-hybridized carbons (Fsp3) is 0. The van der Waals surface area contributed by atoms with Crippen LogP contribution in [0, 0.1) is 0 Å². The van der Waals surface area contributed by atoms with E-state index in [0.29, 0.717) is 0 Å². The topological polar surface area (TPSA) is 35.6 Å². The van der Waals surface area contributed by atoms with Gasteiger partial charge >= 0.3 is 0 Å². The number of hydrogen-bond donors (Lipinski definition) is 0. The maximum Gasteiger partial charge on any atom is 0.0963 e. The summed E-state index contributed by atoms with van der Waals surface area (Å²) in [5.74, 6) is 0. The third-order valence-electron chi connectivity index (χ3n) is 11.0. The van der Waals surface area contributed by atoms with Gasteiger partial charge in [0.1, 0.15) is 0 Å². The molecule has 0 aliphatic heterocycles. The van der Waals surface area contributed by atoms with Crippen LogP contribution < -0.4 is 0 Å². The van der Waals surface area contributed by atoms with Gasteiger partial charge < -0.3 is 9.13 Å². The Morgan fingerprint density at radius 1 is 0.339 bits per heavy atom. The van der Waals surface area contributed by atoms with Gasteiger partial charge in [0, 0.05) is 50.4 Å². The molecule has 0 saturated heterocycles. The third kappa shape index (κ3) is 5.23. The molecular formula is C52H34N4. The molecule has 0 N–H and O–H groups in total. The van der Waals surface area contributed by atoms with Gasteiger partial charge in [-0.3, -0.25) is 4.98 Å². The van der Waals surface area contributed by atoms with E-state index in [1.54, 1.807) is 0 Å². The lowest BCUT2D eigenvalue weighted by atomic mass is 10.00. The van der Waals surface area contributed by atoms with E-state index >= 15 is 0 Å². The van der Waals surface area contributed by atoms with Crippen molar-refractivity contribution in [1.82, 2.24) is 19.1 Å². The molecule has 0 bridgehead atoms. The van der Waals surface area contributed by atoms with Crippen LogP contribution in [0.4, 0.5) is 0 Å². The van der Waals surface area contributed by atoms with Crippen molar-refractivity contribution in [3.8, 4) is 56.1 Å². The molecule has 0 atom stereocenters. The van der Waals surface area contributed by atoms with E-state index in [1.165, 1.54) is 32.9 Å². The van der Waals surface area contributed by atoms with Gasteiger partial charge in [-0.25, -0.2) is 4.98 Å². The molecule has 0 spiro atoms. The van der Waals surface area contributed by atoms with E-state index in [9.17, 15) is 0 Å². The number of nitrogens with zero attached hydrogens (tertiary/aromatic N) is 4. The highest BCUT2D eigenvalue weighted by molar-refractivity contribution is 6.15. The predicted octanol–water partition coefficient (Wildman–Crippen LogP) is 13.3. The van der Waals surface area contributed by atoms with E-state index in [4.69, 9.17) is 9.97 Å². The van der Waals surface area contributed by atoms with Gasteiger partial charge in [-0.05, 0) is 83.4 Å². The van der Waals surface area contributed by atoms with Gasteiger partial charge in [0.25, 0.3) is 0 Å². The minimum absolute atomic E-state index is 0.941. The Kier molecular flexibility index (Phi) is 7.46.